The lowest BCUT2D eigenvalue weighted by Crippen LogP contribution is -2.48. The van der Waals surface area contributed by atoms with E-state index in [0.29, 0.717) is 59.2 Å². The Kier molecular flexibility index (Phi) is 7.95. The molecule has 0 saturated carbocycles. The fraction of sp³-hybridized carbons (Fsp3) is 0.462. The number of benzene rings is 1. The van der Waals surface area contributed by atoms with Gasteiger partial charge in [-0.2, -0.15) is 9.61 Å². The highest BCUT2D eigenvalue weighted by atomic mass is 79.9. The molecule has 0 atom stereocenters. The van der Waals surface area contributed by atoms with Crippen molar-refractivity contribution in [1.82, 2.24) is 19.5 Å². The van der Waals surface area contributed by atoms with Crippen molar-refractivity contribution in [2.45, 2.75) is 51.7 Å². The fourth-order valence-electron chi connectivity index (χ4n) is 4.29. The smallest absolute Gasteiger partial charge is 0.416 e. The van der Waals surface area contributed by atoms with Crippen LogP contribution in [-0.2, 0) is 25.9 Å². The third kappa shape index (κ3) is 6.52. The Hall–Kier alpha value is -3.19. The number of ether oxygens (including phenoxy) is 1. The molecule has 0 radical (unpaired) electrons. The minimum absolute atomic E-state index is 0.0281. The van der Waals surface area contributed by atoms with Crippen molar-refractivity contribution in [2.75, 3.05) is 42.2 Å². The minimum Gasteiger partial charge on any atom is -0.443 e. The second kappa shape index (κ2) is 10.8. The van der Waals surface area contributed by atoms with E-state index >= 15 is 0 Å². The molecule has 0 unspecified atom stereocenters. The predicted octanol–water partition coefficient (Wildman–Crippen LogP) is 3.81. The number of nitrogens with zero attached hydrogens (tertiary/aromatic N) is 6. The molecule has 0 aliphatic carbocycles. The van der Waals surface area contributed by atoms with Gasteiger partial charge in [0.25, 0.3) is 0 Å². The lowest BCUT2D eigenvalue weighted by Gasteiger charge is -2.35. The van der Waals surface area contributed by atoms with Crippen molar-refractivity contribution in [3.8, 4) is 0 Å². The standard InChI is InChI=1S/C26H33BrN6O5S/c1-17-23(27)24-28-21(31-12-10-30(11-13-31)18(2)34)15-22(33(24)29-17)32(25(35)38-26(3,4)5)16-19-8-7-9-20(14-19)39(6,36)37/h7-9,14-15H,10-13,16H2,1-6H3. The van der Waals surface area contributed by atoms with Crippen molar-refractivity contribution < 1.29 is 22.7 Å². The van der Waals surface area contributed by atoms with Crippen molar-refractivity contribution in [2.24, 2.45) is 0 Å². The van der Waals surface area contributed by atoms with Crippen molar-refractivity contribution in [3.63, 3.8) is 0 Å². The van der Waals surface area contributed by atoms with E-state index in [2.05, 4.69) is 25.9 Å². The maximum absolute atomic E-state index is 13.6. The SMILES string of the molecule is CC(=O)N1CCN(c2cc(N(Cc3cccc(S(C)(=O)=O)c3)C(=O)OC(C)(C)C)n3nc(C)c(Br)c3n2)CC1. The molecule has 1 fully saturated rings. The highest BCUT2D eigenvalue weighted by molar-refractivity contribution is 9.10. The first-order chi connectivity index (χ1) is 18.1. The minimum atomic E-state index is -3.45. The van der Waals surface area contributed by atoms with Gasteiger partial charge in [-0.25, -0.2) is 18.2 Å². The first-order valence-electron chi connectivity index (χ1n) is 12.5. The van der Waals surface area contributed by atoms with Crippen LogP contribution in [0.3, 0.4) is 0 Å². The van der Waals surface area contributed by atoms with Gasteiger partial charge in [0.2, 0.25) is 5.91 Å². The quantitative estimate of drug-likeness (QED) is 0.422. The molecule has 0 bridgehead atoms. The first-order valence-corrected chi connectivity index (χ1v) is 15.2. The third-order valence-electron chi connectivity index (χ3n) is 6.27. The maximum Gasteiger partial charge on any atom is 0.416 e. The molecule has 3 heterocycles. The fourth-order valence-corrected chi connectivity index (χ4v) is 5.31. The van der Waals surface area contributed by atoms with E-state index in [0.717, 1.165) is 6.26 Å². The topological polar surface area (TPSA) is 117 Å². The lowest BCUT2D eigenvalue weighted by molar-refractivity contribution is -0.129. The van der Waals surface area contributed by atoms with Gasteiger partial charge in [-0.3, -0.25) is 9.69 Å². The summed E-state index contributed by atoms with van der Waals surface area (Å²) in [6.07, 6.45) is 0.531. The molecule has 2 amide bonds. The average Bonchev–Trinajstić information content (AvgIpc) is 3.14. The molecule has 210 valence electrons. The van der Waals surface area contributed by atoms with Gasteiger partial charge in [-0.05, 0) is 61.3 Å². The van der Waals surface area contributed by atoms with E-state index in [-0.39, 0.29) is 17.3 Å². The summed E-state index contributed by atoms with van der Waals surface area (Å²) in [6.45, 7) is 11.0. The highest BCUT2D eigenvalue weighted by Gasteiger charge is 2.29. The predicted molar refractivity (Wildman–Crippen MR) is 152 cm³/mol. The summed E-state index contributed by atoms with van der Waals surface area (Å²) < 4.78 is 32.4. The van der Waals surface area contributed by atoms with Crippen molar-refractivity contribution in [1.29, 1.82) is 0 Å². The van der Waals surface area contributed by atoms with Gasteiger partial charge in [-0.1, -0.05) is 12.1 Å². The number of piperazine rings is 1. The molecule has 1 aliphatic rings. The highest BCUT2D eigenvalue weighted by Crippen LogP contribution is 2.31. The summed E-state index contributed by atoms with van der Waals surface area (Å²) in [5, 5.41) is 4.62. The monoisotopic (exact) mass is 620 g/mol. The van der Waals surface area contributed by atoms with Crippen LogP contribution < -0.4 is 9.80 Å². The second-order valence-electron chi connectivity index (χ2n) is 10.6. The molecule has 13 heteroatoms. The molecular formula is C26H33BrN6O5S. The molecule has 0 N–H and O–H groups in total. The second-order valence-corrected chi connectivity index (χ2v) is 13.4. The molecule has 4 rings (SSSR count). The molecule has 1 aromatic carbocycles. The number of hydrogen-bond acceptors (Lipinski definition) is 8. The van der Waals surface area contributed by atoms with E-state index in [4.69, 9.17) is 9.72 Å². The Labute approximate surface area is 236 Å². The summed E-state index contributed by atoms with van der Waals surface area (Å²) in [4.78, 5) is 35.8. The largest absolute Gasteiger partial charge is 0.443 e. The Bertz CT molecular complexity index is 1520. The number of amides is 2. The van der Waals surface area contributed by atoms with Gasteiger partial charge in [0.1, 0.15) is 17.2 Å². The maximum atomic E-state index is 13.6. The number of anilines is 2. The summed E-state index contributed by atoms with van der Waals surface area (Å²) >= 11 is 3.59. The van der Waals surface area contributed by atoms with Gasteiger partial charge in [0, 0.05) is 45.4 Å². The van der Waals surface area contributed by atoms with Crippen LogP contribution in [0.4, 0.5) is 16.4 Å². The van der Waals surface area contributed by atoms with Crippen molar-refractivity contribution in [3.05, 3.63) is 46.1 Å². The van der Waals surface area contributed by atoms with Gasteiger partial charge in [0.15, 0.2) is 15.5 Å². The zero-order valence-corrected chi connectivity index (χ0v) is 25.3. The number of carbonyl (C=O) groups excluding carboxylic acids is 2. The van der Waals surface area contributed by atoms with Crippen LogP contribution in [-0.4, -0.2) is 78.0 Å². The third-order valence-corrected chi connectivity index (χ3v) is 8.31. The molecule has 1 aliphatic heterocycles. The van der Waals surface area contributed by atoms with E-state index in [9.17, 15) is 18.0 Å². The number of halogens is 1. The molecular weight excluding hydrogens is 588 g/mol. The Morgan fingerprint density at radius 2 is 1.79 bits per heavy atom. The number of sulfone groups is 1. The molecule has 39 heavy (non-hydrogen) atoms. The molecule has 3 aromatic rings. The zero-order valence-electron chi connectivity index (χ0n) is 22.9. The molecule has 2 aromatic heterocycles. The average molecular weight is 622 g/mol. The summed E-state index contributed by atoms with van der Waals surface area (Å²) in [7, 11) is -3.45. The number of hydrogen-bond donors (Lipinski definition) is 0. The lowest BCUT2D eigenvalue weighted by atomic mass is 10.2. The number of fused-ring (bicyclic) bond motifs is 1. The number of aromatic nitrogens is 3. The van der Waals surface area contributed by atoms with E-state index < -0.39 is 21.5 Å². The Morgan fingerprint density at radius 1 is 1.13 bits per heavy atom. The van der Waals surface area contributed by atoms with Crippen LogP contribution in [0.15, 0.2) is 39.7 Å². The number of aryl methyl sites for hydroxylation is 1. The van der Waals surface area contributed by atoms with Gasteiger partial charge in [-0.15, -0.1) is 0 Å². The van der Waals surface area contributed by atoms with E-state index in [1.165, 1.54) is 11.0 Å². The van der Waals surface area contributed by atoms with Crippen molar-refractivity contribution >= 4 is 55.1 Å². The van der Waals surface area contributed by atoms with E-state index in [1.54, 1.807) is 61.4 Å². The zero-order chi connectivity index (χ0) is 28.7. The Balaban J connectivity index is 1.84. The van der Waals surface area contributed by atoms with Crippen LogP contribution in [0.25, 0.3) is 5.65 Å². The summed E-state index contributed by atoms with van der Waals surface area (Å²) in [5.74, 6) is 1.07. The summed E-state index contributed by atoms with van der Waals surface area (Å²) in [5.41, 5.74) is 1.04. The first kappa shape index (κ1) is 28.8. The summed E-state index contributed by atoms with van der Waals surface area (Å²) in [6, 6.07) is 8.26. The Morgan fingerprint density at radius 3 is 2.38 bits per heavy atom. The van der Waals surface area contributed by atoms with Crippen LogP contribution >= 0.6 is 15.9 Å². The van der Waals surface area contributed by atoms with Crippen LogP contribution in [0.2, 0.25) is 0 Å². The number of rotatable bonds is 5. The van der Waals surface area contributed by atoms with Crippen LogP contribution in [0.1, 0.15) is 39.0 Å². The number of carbonyl (C=O) groups is 2. The van der Waals surface area contributed by atoms with Crippen LogP contribution in [0, 0.1) is 6.92 Å². The molecule has 11 nitrogen and oxygen atoms in total. The molecule has 0 spiro atoms. The normalized spacial score (nSPS) is 14.5. The van der Waals surface area contributed by atoms with Crippen LogP contribution in [0.5, 0.6) is 0 Å². The van der Waals surface area contributed by atoms with Gasteiger partial charge in [0.05, 0.1) is 21.6 Å². The molecule has 1 saturated heterocycles. The van der Waals surface area contributed by atoms with Gasteiger partial charge < -0.3 is 14.5 Å². The van der Waals surface area contributed by atoms with Gasteiger partial charge >= 0.3 is 6.09 Å². The van der Waals surface area contributed by atoms with E-state index in [1.807, 2.05) is 6.92 Å².